The SMILES string of the molecule is CCOCc1nc(NN)cc(NCC(=O)N(C)CC)n1. The van der Waals surface area contributed by atoms with Crippen molar-refractivity contribution in [3.05, 3.63) is 11.9 Å². The third-order valence-electron chi connectivity index (χ3n) is 2.68. The molecule has 20 heavy (non-hydrogen) atoms. The van der Waals surface area contributed by atoms with Crippen LogP contribution in [0.1, 0.15) is 19.7 Å². The molecule has 0 aliphatic carbocycles. The number of hydrogen-bond donors (Lipinski definition) is 3. The van der Waals surface area contributed by atoms with Crippen molar-refractivity contribution in [2.24, 2.45) is 5.84 Å². The highest BCUT2D eigenvalue weighted by Gasteiger charge is 2.08. The summed E-state index contributed by atoms with van der Waals surface area (Å²) < 4.78 is 5.26. The van der Waals surface area contributed by atoms with Gasteiger partial charge in [0.15, 0.2) is 5.82 Å². The van der Waals surface area contributed by atoms with Gasteiger partial charge in [-0.1, -0.05) is 0 Å². The Balaban J connectivity index is 2.70. The van der Waals surface area contributed by atoms with Crippen LogP contribution < -0.4 is 16.6 Å². The summed E-state index contributed by atoms with van der Waals surface area (Å²) in [5.41, 5.74) is 2.46. The van der Waals surface area contributed by atoms with Crippen molar-refractivity contribution in [3.8, 4) is 0 Å². The highest BCUT2D eigenvalue weighted by atomic mass is 16.5. The van der Waals surface area contributed by atoms with Crippen LogP contribution in [0.15, 0.2) is 6.07 Å². The van der Waals surface area contributed by atoms with E-state index in [0.717, 1.165) is 0 Å². The quantitative estimate of drug-likeness (QED) is 0.461. The molecule has 1 rings (SSSR count). The first-order valence-electron chi connectivity index (χ1n) is 6.50. The van der Waals surface area contributed by atoms with Crippen LogP contribution >= 0.6 is 0 Å². The van der Waals surface area contributed by atoms with E-state index in [1.54, 1.807) is 18.0 Å². The molecule has 4 N–H and O–H groups in total. The lowest BCUT2D eigenvalue weighted by molar-refractivity contribution is -0.127. The molecule has 1 amide bonds. The number of hydrazine groups is 1. The van der Waals surface area contributed by atoms with Gasteiger partial charge < -0.3 is 20.4 Å². The number of ether oxygens (including phenoxy) is 1. The maximum absolute atomic E-state index is 11.7. The van der Waals surface area contributed by atoms with Crippen molar-refractivity contribution in [2.75, 3.05) is 37.5 Å². The number of carbonyl (C=O) groups is 1. The molecule has 1 aromatic heterocycles. The maximum atomic E-state index is 11.7. The molecule has 0 aliphatic heterocycles. The van der Waals surface area contributed by atoms with E-state index < -0.39 is 0 Å². The molecule has 0 spiro atoms. The third kappa shape index (κ3) is 4.98. The van der Waals surface area contributed by atoms with Gasteiger partial charge in [-0.2, -0.15) is 0 Å². The molecule has 0 radical (unpaired) electrons. The van der Waals surface area contributed by atoms with Gasteiger partial charge in [-0.3, -0.25) is 4.79 Å². The topological polar surface area (TPSA) is 105 Å². The summed E-state index contributed by atoms with van der Waals surface area (Å²) in [6, 6.07) is 1.63. The van der Waals surface area contributed by atoms with Crippen LogP contribution in [0.4, 0.5) is 11.6 Å². The number of amides is 1. The minimum absolute atomic E-state index is 0.0141. The van der Waals surface area contributed by atoms with Crippen LogP contribution in [0.5, 0.6) is 0 Å². The molecule has 0 aliphatic rings. The number of aromatic nitrogens is 2. The summed E-state index contributed by atoms with van der Waals surface area (Å²) in [5, 5.41) is 2.96. The number of nitrogens with one attached hydrogen (secondary N) is 2. The Labute approximate surface area is 118 Å². The van der Waals surface area contributed by atoms with Gasteiger partial charge in [-0.25, -0.2) is 15.8 Å². The summed E-state index contributed by atoms with van der Waals surface area (Å²) in [5.74, 6) is 6.84. The zero-order valence-corrected chi connectivity index (χ0v) is 12.1. The Hall–Kier alpha value is -1.93. The molecule has 112 valence electrons. The predicted molar refractivity (Wildman–Crippen MR) is 77.0 cm³/mol. The van der Waals surface area contributed by atoms with Crippen molar-refractivity contribution in [1.29, 1.82) is 0 Å². The molecule has 0 atom stereocenters. The van der Waals surface area contributed by atoms with Crippen molar-refractivity contribution in [1.82, 2.24) is 14.9 Å². The van der Waals surface area contributed by atoms with E-state index in [2.05, 4.69) is 20.7 Å². The van der Waals surface area contributed by atoms with E-state index in [4.69, 9.17) is 10.6 Å². The molecular formula is C12H22N6O2. The lowest BCUT2D eigenvalue weighted by Gasteiger charge is -2.15. The van der Waals surface area contributed by atoms with E-state index in [-0.39, 0.29) is 12.5 Å². The van der Waals surface area contributed by atoms with E-state index in [1.807, 2.05) is 13.8 Å². The van der Waals surface area contributed by atoms with Gasteiger partial charge >= 0.3 is 0 Å². The van der Waals surface area contributed by atoms with Crippen LogP contribution in [0, 0.1) is 0 Å². The van der Waals surface area contributed by atoms with Gasteiger partial charge in [-0.05, 0) is 13.8 Å². The number of hydrogen-bond acceptors (Lipinski definition) is 7. The van der Waals surface area contributed by atoms with Crippen LogP contribution in [0.3, 0.4) is 0 Å². The molecule has 0 saturated carbocycles. The van der Waals surface area contributed by atoms with Crippen molar-refractivity contribution < 1.29 is 9.53 Å². The summed E-state index contributed by atoms with van der Waals surface area (Å²) in [7, 11) is 1.75. The Kier molecular flexibility index (Phi) is 6.68. The third-order valence-corrected chi connectivity index (χ3v) is 2.68. The number of nitrogen functional groups attached to an aromatic ring is 1. The van der Waals surface area contributed by atoms with E-state index in [0.29, 0.717) is 37.2 Å². The highest BCUT2D eigenvalue weighted by Crippen LogP contribution is 2.11. The van der Waals surface area contributed by atoms with Gasteiger partial charge in [0, 0.05) is 26.3 Å². The zero-order chi connectivity index (χ0) is 15.0. The Morgan fingerprint density at radius 1 is 1.40 bits per heavy atom. The molecule has 0 bridgehead atoms. The number of nitrogens with two attached hydrogens (primary N) is 1. The molecule has 1 heterocycles. The monoisotopic (exact) mass is 282 g/mol. The lowest BCUT2D eigenvalue weighted by atomic mass is 10.4. The summed E-state index contributed by atoms with van der Waals surface area (Å²) >= 11 is 0. The number of nitrogens with zero attached hydrogens (tertiary/aromatic N) is 3. The first kappa shape index (κ1) is 16.1. The Bertz CT molecular complexity index is 440. The van der Waals surface area contributed by atoms with Gasteiger partial charge in [0.2, 0.25) is 5.91 Å². The van der Waals surface area contributed by atoms with Crippen molar-refractivity contribution in [2.45, 2.75) is 20.5 Å². The average molecular weight is 282 g/mol. The largest absolute Gasteiger partial charge is 0.374 e. The fourth-order valence-corrected chi connectivity index (χ4v) is 1.40. The van der Waals surface area contributed by atoms with Crippen LogP contribution in [-0.2, 0) is 16.1 Å². The number of likely N-dealkylation sites (N-methyl/N-ethyl adjacent to an activating group) is 1. The molecule has 0 unspecified atom stereocenters. The first-order chi connectivity index (χ1) is 9.60. The second-order valence-electron chi connectivity index (χ2n) is 4.10. The van der Waals surface area contributed by atoms with Crippen LogP contribution in [0.25, 0.3) is 0 Å². The molecular weight excluding hydrogens is 260 g/mol. The first-order valence-corrected chi connectivity index (χ1v) is 6.50. The molecule has 8 nitrogen and oxygen atoms in total. The Morgan fingerprint density at radius 2 is 2.10 bits per heavy atom. The minimum atomic E-state index is -0.0141. The summed E-state index contributed by atoms with van der Waals surface area (Å²) in [6.45, 7) is 5.51. The fraction of sp³-hybridized carbons (Fsp3) is 0.583. The second kappa shape index (κ2) is 8.28. The number of anilines is 2. The molecule has 0 aromatic carbocycles. The van der Waals surface area contributed by atoms with E-state index >= 15 is 0 Å². The van der Waals surface area contributed by atoms with Gasteiger partial charge in [-0.15, -0.1) is 0 Å². The zero-order valence-electron chi connectivity index (χ0n) is 12.1. The van der Waals surface area contributed by atoms with Gasteiger partial charge in [0.25, 0.3) is 0 Å². The molecule has 8 heteroatoms. The molecule has 0 fully saturated rings. The van der Waals surface area contributed by atoms with E-state index in [9.17, 15) is 4.79 Å². The highest BCUT2D eigenvalue weighted by molar-refractivity contribution is 5.80. The smallest absolute Gasteiger partial charge is 0.241 e. The van der Waals surface area contributed by atoms with E-state index in [1.165, 1.54) is 0 Å². The summed E-state index contributed by atoms with van der Waals surface area (Å²) in [4.78, 5) is 21.8. The average Bonchev–Trinajstić information content (AvgIpc) is 2.49. The van der Waals surface area contributed by atoms with Gasteiger partial charge in [0.05, 0.1) is 6.54 Å². The maximum Gasteiger partial charge on any atom is 0.241 e. The number of carbonyl (C=O) groups excluding carboxylic acids is 1. The fourth-order valence-electron chi connectivity index (χ4n) is 1.40. The standard InChI is InChI=1S/C12H22N6O2/c1-4-18(3)12(19)7-14-9-6-10(17-13)16-11(15-9)8-20-5-2/h6H,4-5,7-8,13H2,1-3H3,(H2,14,15,16,17). The van der Waals surface area contributed by atoms with Crippen LogP contribution in [-0.4, -0.2) is 47.5 Å². The lowest BCUT2D eigenvalue weighted by Crippen LogP contribution is -2.32. The molecule has 0 saturated heterocycles. The second-order valence-corrected chi connectivity index (χ2v) is 4.10. The van der Waals surface area contributed by atoms with Crippen molar-refractivity contribution in [3.63, 3.8) is 0 Å². The predicted octanol–water partition coefficient (Wildman–Crippen LogP) is 0.189. The molecule has 1 aromatic rings. The Morgan fingerprint density at radius 3 is 2.70 bits per heavy atom. The van der Waals surface area contributed by atoms with Crippen LogP contribution in [0.2, 0.25) is 0 Å². The normalized spacial score (nSPS) is 10.2. The van der Waals surface area contributed by atoms with Crippen molar-refractivity contribution >= 4 is 17.5 Å². The summed E-state index contributed by atoms with van der Waals surface area (Å²) in [6.07, 6.45) is 0. The minimum Gasteiger partial charge on any atom is -0.374 e. The van der Waals surface area contributed by atoms with Gasteiger partial charge in [0.1, 0.15) is 18.2 Å². The number of rotatable bonds is 8.